The van der Waals surface area contributed by atoms with Crippen LogP contribution in [0.2, 0.25) is 0 Å². The lowest BCUT2D eigenvalue weighted by Crippen LogP contribution is -2.54. The van der Waals surface area contributed by atoms with E-state index in [0.29, 0.717) is 0 Å². The third-order valence-corrected chi connectivity index (χ3v) is 2.73. The van der Waals surface area contributed by atoms with Crippen LogP contribution in [0.3, 0.4) is 0 Å². The summed E-state index contributed by atoms with van der Waals surface area (Å²) in [6.07, 6.45) is -11.5. The number of hydrogen-bond donors (Lipinski definition) is 0. The third-order valence-electron chi connectivity index (χ3n) is 2.20. The average Bonchev–Trinajstić information content (AvgIpc) is 2.35. The Hall–Kier alpha value is -0.560. The van der Waals surface area contributed by atoms with Gasteiger partial charge < -0.3 is 9.05 Å². The van der Waals surface area contributed by atoms with Crippen LogP contribution >= 0.6 is 9.03 Å². The molecule has 0 aliphatic rings. The summed E-state index contributed by atoms with van der Waals surface area (Å²) in [6.45, 7) is -5.14. The zero-order valence-corrected chi connectivity index (χ0v) is 11.7. The summed E-state index contributed by atoms with van der Waals surface area (Å²) in [6, 6.07) is 0. The lowest BCUT2D eigenvalue weighted by molar-refractivity contribution is -0.358. The van der Waals surface area contributed by atoms with Gasteiger partial charge in [0.25, 0.3) is 0 Å². The van der Waals surface area contributed by atoms with Crippen molar-refractivity contribution in [2.75, 3.05) is 13.2 Å². The molecule has 0 radical (unpaired) electrons. The molecule has 0 rings (SSSR count). The van der Waals surface area contributed by atoms with Gasteiger partial charge in [-0.3, -0.25) is 0 Å². The Morgan fingerprint density at radius 1 is 0.667 bits per heavy atom. The standard InChI is InChI=1S/C8H6F13O2P/c9-3(10)6(15,16)4(11,12)1-22-24-23-2-5(13,14)7(17,18)8(19,20)21/h3,24H,1-2H2. The van der Waals surface area contributed by atoms with E-state index >= 15 is 0 Å². The van der Waals surface area contributed by atoms with Crippen LogP contribution in [0.5, 0.6) is 0 Å². The first-order valence-corrected chi connectivity index (χ1v) is 6.06. The molecule has 0 heterocycles. The van der Waals surface area contributed by atoms with Crippen molar-refractivity contribution in [1.82, 2.24) is 0 Å². The van der Waals surface area contributed by atoms with Crippen LogP contribution in [0.15, 0.2) is 0 Å². The molecule has 2 nitrogen and oxygen atoms in total. The molecule has 1 atom stereocenters. The fourth-order valence-corrected chi connectivity index (χ4v) is 1.40. The number of hydrogen-bond acceptors (Lipinski definition) is 2. The zero-order chi connectivity index (χ0) is 19.6. The molecule has 1 unspecified atom stereocenters. The van der Waals surface area contributed by atoms with Crippen molar-refractivity contribution in [3.63, 3.8) is 0 Å². The van der Waals surface area contributed by atoms with Gasteiger partial charge in [-0.25, -0.2) is 8.78 Å². The molecule has 0 saturated carbocycles. The Labute approximate surface area is 126 Å². The number of alkyl halides is 13. The van der Waals surface area contributed by atoms with Gasteiger partial charge in [0.05, 0.1) is 0 Å². The second-order valence-corrected chi connectivity index (χ2v) is 4.81. The molecule has 0 spiro atoms. The molecule has 0 aliphatic heterocycles. The van der Waals surface area contributed by atoms with Gasteiger partial charge in [0, 0.05) is 0 Å². The Balaban J connectivity index is 4.51. The summed E-state index contributed by atoms with van der Waals surface area (Å²) in [5.41, 5.74) is 0. The van der Waals surface area contributed by atoms with Crippen molar-refractivity contribution in [1.29, 1.82) is 0 Å². The second kappa shape index (κ2) is 7.36. The minimum atomic E-state index is -6.66. The molecule has 0 bridgehead atoms. The largest absolute Gasteiger partial charge is 0.459 e. The van der Waals surface area contributed by atoms with Crippen LogP contribution in [0, 0.1) is 0 Å². The average molecular weight is 412 g/mol. The highest BCUT2D eigenvalue weighted by atomic mass is 31.1. The van der Waals surface area contributed by atoms with Gasteiger partial charge in [0.2, 0.25) is 0 Å². The highest BCUT2D eigenvalue weighted by molar-refractivity contribution is 7.26. The van der Waals surface area contributed by atoms with Crippen molar-refractivity contribution >= 4 is 9.03 Å². The molecular formula is C8H6F13O2P. The molecule has 24 heavy (non-hydrogen) atoms. The van der Waals surface area contributed by atoms with Crippen molar-refractivity contribution in [2.45, 2.75) is 36.3 Å². The van der Waals surface area contributed by atoms with Crippen LogP contribution in [-0.4, -0.2) is 49.5 Å². The molecule has 0 amide bonds. The molecule has 0 aromatic heterocycles. The lowest BCUT2D eigenvalue weighted by Gasteiger charge is -2.28. The SMILES string of the molecule is FC(F)C(F)(F)C(F)(F)COPOCC(F)(F)C(F)(F)C(F)(F)F. The predicted molar refractivity (Wildman–Crippen MR) is 52.1 cm³/mol. The van der Waals surface area contributed by atoms with Crippen LogP contribution in [-0.2, 0) is 9.05 Å². The second-order valence-electron chi connectivity index (χ2n) is 4.07. The first-order chi connectivity index (χ1) is 10.4. The molecule has 0 N–H and O–H groups in total. The van der Waals surface area contributed by atoms with Gasteiger partial charge in [-0.1, -0.05) is 0 Å². The Morgan fingerprint density at radius 3 is 1.38 bits per heavy atom. The van der Waals surface area contributed by atoms with E-state index in [4.69, 9.17) is 0 Å². The van der Waals surface area contributed by atoms with E-state index in [1.54, 1.807) is 0 Å². The molecule has 0 aromatic rings. The van der Waals surface area contributed by atoms with Gasteiger partial charge in [-0.15, -0.1) is 0 Å². The minimum absolute atomic E-state index is 2.12. The highest BCUT2D eigenvalue weighted by Gasteiger charge is 2.73. The van der Waals surface area contributed by atoms with E-state index in [1.165, 1.54) is 0 Å². The maximum absolute atomic E-state index is 12.6. The number of rotatable bonds is 9. The van der Waals surface area contributed by atoms with E-state index in [2.05, 4.69) is 9.05 Å². The van der Waals surface area contributed by atoms with Gasteiger partial charge in [0.15, 0.2) is 9.03 Å². The third kappa shape index (κ3) is 4.97. The summed E-state index contributed by atoms with van der Waals surface area (Å²) < 4.78 is 165. The van der Waals surface area contributed by atoms with Crippen molar-refractivity contribution in [2.24, 2.45) is 0 Å². The molecule has 0 saturated heterocycles. The summed E-state index contributed by atoms with van der Waals surface area (Å²) in [5.74, 6) is -23.7. The first kappa shape index (κ1) is 23.4. The van der Waals surface area contributed by atoms with E-state index in [0.717, 1.165) is 0 Å². The summed E-state index contributed by atoms with van der Waals surface area (Å²) in [5, 5.41) is 0. The van der Waals surface area contributed by atoms with Crippen molar-refractivity contribution in [3.8, 4) is 0 Å². The molecule has 0 aliphatic carbocycles. The molecule has 146 valence electrons. The van der Waals surface area contributed by atoms with E-state index in [1.807, 2.05) is 0 Å². The first-order valence-electron chi connectivity index (χ1n) is 5.25. The van der Waals surface area contributed by atoms with E-state index in [9.17, 15) is 57.1 Å². The van der Waals surface area contributed by atoms with E-state index in [-0.39, 0.29) is 0 Å². The van der Waals surface area contributed by atoms with Gasteiger partial charge in [-0.05, 0) is 0 Å². The molecule has 0 fully saturated rings. The fraction of sp³-hybridized carbons (Fsp3) is 1.00. The van der Waals surface area contributed by atoms with Gasteiger partial charge in [-0.2, -0.15) is 48.3 Å². The van der Waals surface area contributed by atoms with Gasteiger partial charge in [0.1, 0.15) is 13.2 Å². The van der Waals surface area contributed by atoms with E-state index < -0.39 is 58.5 Å². The van der Waals surface area contributed by atoms with Crippen LogP contribution in [0.25, 0.3) is 0 Å². The van der Waals surface area contributed by atoms with Gasteiger partial charge >= 0.3 is 36.3 Å². The van der Waals surface area contributed by atoms with Crippen molar-refractivity contribution < 1.29 is 66.1 Å². The topological polar surface area (TPSA) is 18.5 Å². The molecular weight excluding hydrogens is 406 g/mol. The lowest BCUT2D eigenvalue weighted by atomic mass is 10.2. The maximum Gasteiger partial charge on any atom is 0.459 e. The monoisotopic (exact) mass is 412 g/mol. The summed E-state index contributed by atoms with van der Waals surface area (Å²) in [7, 11) is -2.12. The zero-order valence-electron chi connectivity index (χ0n) is 10.7. The van der Waals surface area contributed by atoms with Crippen LogP contribution in [0.4, 0.5) is 57.1 Å². The van der Waals surface area contributed by atoms with Crippen LogP contribution in [0.1, 0.15) is 0 Å². The summed E-state index contributed by atoms with van der Waals surface area (Å²) in [4.78, 5) is 0. The maximum atomic E-state index is 12.6. The van der Waals surface area contributed by atoms with Crippen LogP contribution < -0.4 is 0 Å². The number of halogens is 13. The minimum Gasteiger partial charge on any atom is -0.330 e. The fourth-order valence-electron chi connectivity index (χ4n) is 0.836. The Bertz CT molecular complexity index is 407. The normalized spacial score (nSPS) is 15.8. The Kier molecular flexibility index (Phi) is 7.19. The Morgan fingerprint density at radius 2 is 1.04 bits per heavy atom. The molecule has 0 aromatic carbocycles. The molecule has 16 heteroatoms. The quantitative estimate of drug-likeness (QED) is 0.305. The smallest absolute Gasteiger partial charge is 0.330 e. The predicted octanol–water partition coefficient (Wildman–Crippen LogP) is 4.90. The highest BCUT2D eigenvalue weighted by Crippen LogP contribution is 2.47. The van der Waals surface area contributed by atoms with Crippen molar-refractivity contribution in [3.05, 3.63) is 0 Å². The summed E-state index contributed by atoms with van der Waals surface area (Å²) >= 11 is 0.